The molecule has 1 aromatic heterocycles. The van der Waals surface area contributed by atoms with Gasteiger partial charge in [-0.25, -0.2) is 0 Å². The molecule has 138 valence electrons. The molecule has 0 unspecified atom stereocenters. The molecule has 2 aliphatic rings. The van der Waals surface area contributed by atoms with Crippen LogP contribution in [0.15, 0.2) is 24.4 Å². The largest absolute Gasteiger partial charge is 0.497 e. The van der Waals surface area contributed by atoms with Gasteiger partial charge in [-0.3, -0.25) is 9.59 Å². The number of amides is 2. The number of hydrogen-bond donors (Lipinski definition) is 1. The fraction of sp³-hybridized carbons (Fsp3) is 0.500. The zero-order chi connectivity index (χ0) is 18.3. The van der Waals surface area contributed by atoms with E-state index in [4.69, 9.17) is 4.74 Å². The minimum atomic E-state index is 0.0833. The molecule has 0 atom stereocenters. The number of rotatable bonds is 3. The molecule has 0 bridgehead atoms. The van der Waals surface area contributed by atoms with Crippen molar-refractivity contribution in [2.75, 3.05) is 33.8 Å². The average molecular weight is 355 g/mol. The Kier molecular flexibility index (Phi) is 4.13. The van der Waals surface area contributed by atoms with Crippen LogP contribution in [0.2, 0.25) is 0 Å². The molecule has 2 aromatic rings. The summed E-state index contributed by atoms with van der Waals surface area (Å²) in [4.78, 5) is 31.7. The molecule has 0 radical (unpaired) electrons. The number of nitrogens with one attached hydrogen (secondary N) is 1. The van der Waals surface area contributed by atoms with Crippen LogP contribution in [0.1, 0.15) is 24.8 Å². The van der Waals surface area contributed by atoms with E-state index in [0.717, 1.165) is 54.7 Å². The number of aromatic nitrogens is 1. The number of hydrogen-bond acceptors (Lipinski definition) is 3. The number of carbonyl (C=O) groups excluding carboxylic acids is 2. The Hall–Kier alpha value is -2.50. The van der Waals surface area contributed by atoms with Crippen LogP contribution >= 0.6 is 0 Å². The Bertz CT molecular complexity index is 849. The van der Waals surface area contributed by atoms with Gasteiger partial charge in [-0.05, 0) is 30.5 Å². The minimum Gasteiger partial charge on any atom is -0.497 e. The third-order valence-corrected chi connectivity index (χ3v) is 6.02. The number of fused-ring (bicyclic) bond motifs is 1. The van der Waals surface area contributed by atoms with Crippen molar-refractivity contribution in [3.8, 4) is 5.75 Å². The van der Waals surface area contributed by atoms with Gasteiger partial charge >= 0.3 is 0 Å². The number of ether oxygens (including phenoxy) is 1. The second-order valence-corrected chi connectivity index (χ2v) is 7.71. The molecule has 6 heteroatoms. The van der Waals surface area contributed by atoms with Crippen molar-refractivity contribution in [2.45, 2.75) is 25.7 Å². The summed E-state index contributed by atoms with van der Waals surface area (Å²) in [7, 11) is 3.52. The molecule has 2 amide bonds. The van der Waals surface area contributed by atoms with Gasteiger partial charge in [0.15, 0.2) is 0 Å². The van der Waals surface area contributed by atoms with Crippen molar-refractivity contribution < 1.29 is 14.3 Å². The summed E-state index contributed by atoms with van der Waals surface area (Å²) in [5.74, 6) is 1.20. The lowest BCUT2D eigenvalue weighted by atomic mass is 9.77. The summed E-state index contributed by atoms with van der Waals surface area (Å²) < 4.78 is 5.25. The molecular formula is C20H25N3O3. The Morgan fingerprint density at radius 1 is 1.31 bits per heavy atom. The normalized spacial score (nSPS) is 19.5. The van der Waals surface area contributed by atoms with Gasteiger partial charge in [0.25, 0.3) is 0 Å². The number of methoxy groups -OCH3 is 1. The minimum absolute atomic E-state index is 0.0833. The highest BCUT2D eigenvalue weighted by Crippen LogP contribution is 2.40. The number of aromatic amines is 1. The molecule has 1 aromatic carbocycles. The van der Waals surface area contributed by atoms with Crippen LogP contribution in [0.5, 0.6) is 5.75 Å². The zero-order valence-corrected chi connectivity index (χ0v) is 15.4. The zero-order valence-electron chi connectivity index (χ0n) is 15.4. The van der Waals surface area contributed by atoms with Crippen LogP contribution in [-0.2, 0) is 16.0 Å². The van der Waals surface area contributed by atoms with Gasteiger partial charge in [0.1, 0.15) is 5.75 Å². The summed E-state index contributed by atoms with van der Waals surface area (Å²) in [6.45, 7) is 2.32. The molecule has 2 fully saturated rings. The smallest absolute Gasteiger partial charge is 0.227 e. The molecule has 2 aliphatic heterocycles. The van der Waals surface area contributed by atoms with E-state index in [2.05, 4.69) is 4.98 Å². The first-order chi connectivity index (χ1) is 12.5. The number of benzene rings is 1. The standard InChI is InChI=1S/C20H25N3O3/c1-22-13-20(11-19(22)25)5-7-23(8-6-20)18(24)9-14-12-21-17-10-15(26-2)3-4-16(14)17/h3-4,10,12,21H,5-9,11,13H2,1-2H3. The number of carbonyl (C=O) groups is 2. The van der Waals surface area contributed by atoms with Crippen molar-refractivity contribution in [3.05, 3.63) is 30.0 Å². The van der Waals surface area contributed by atoms with Crippen molar-refractivity contribution in [1.29, 1.82) is 0 Å². The fourth-order valence-corrected chi connectivity index (χ4v) is 4.38. The lowest BCUT2D eigenvalue weighted by Gasteiger charge is -2.38. The van der Waals surface area contributed by atoms with Crippen LogP contribution in [0.4, 0.5) is 0 Å². The quantitative estimate of drug-likeness (QED) is 0.918. The summed E-state index contributed by atoms with van der Waals surface area (Å²) in [6.07, 6.45) is 4.78. The summed E-state index contributed by atoms with van der Waals surface area (Å²) in [6, 6.07) is 5.86. The summed E-state index contributed by atoms with van der Waals surface area (Å²) in [5.41, 5.74) is 2.08. The molecule has 0 aliphatic carbocycles. The monoisotopic (exact) mass is 355 g/mol. The molecule has 4 rings (SSSR count). The van der Waals surface area contributed by atoms with E-state index in [1.165, 1.54) is 0 Å². The van der Waals surface area contributed by atoms with Crippen LogP contribution in [0.25, 0.3) is 10.9 Å². The van der Waals surface area contributed by atoms with Crippen LogP contribution in [0, 0.1) is 5.41 Å². The molecule has 3 heterocycles. The molecule has 2 saturated heterocycles. The second kappa shape index (κ2) is 6.34. The van der Waals surface area contributed by atoms with Gasteiger partial charge in [0.05, 0.1) is 13.5 Å². The predicted octanol–water partition coefficient (Wildman–Crippen LogP) is 2.19. The second-order valence-electron chi connectivity index (χ2n) is 7.71. The maximum atomic E-state index is 12.8. The van der Waals surface area contributed by atoms with Gasteiger partial charge in [-0.15, -0.1) is 0 Å². The van der Waals surface area contributed by atoms with Crippen molar-refractivity contribution in [1.82, 2.24) is 14.8 Å². The van der Waals surface area contributed by atoms with Crippen molar-refractivity contribution in [2.24, 2.45) is 5.41 Å². The molecule has 6 nitrogen and oxygen atoms in total. The highest BCUT2D eigenvalue weighted by atomic mass is 16.5. The maximum Gasteiger partial charge on any atom is 0.227 e. The highest BCUT2D eigenvalue weighted by Gasteiger charge is 2.44. The Morgan fingerprint density at radius 3 is 2.73 bits per heavy atom. The van der Waals surface area contributed by atoms with Gasteiger partial charge in [-0.2, -0.15) is 0 Å². The molecule has 0 saturated carbocycles. The first-order valence-corrected chi connectivity index (χ1v) is 9.15. The summed E-state index contributed by atoms with van der Waals surface area (Å²) >= 11 is 0. The number of nitrogens with zero attached hydrogens (tertiary/aromatic N) is 2. The van der Waals surface area contributed by atoms with Crippen molar-refractivity contribution >= 4 is 22.7 Å². The lowest BCUT2D eigenvalue weighted by molar-refractivity contribution is -0.132. The van der Waals surface area contributed by atoms with E-state index in [0.29, 0.717) is 12.8 Å². The van der Waals surface area contributed by atoms with E-state index in [1.807, 2.05) is 41.2 Å². The van der Waals surface area contributed by atoms with Crippen LogP contribution in [0.3, 0.4) is 0 Å². The first-order valence-electron chi connectivity index (χ1n) is 9.15. The number of piperidine rings is 1. The van der Waals surface area contributed by atoms with E-state index in [9.17, 15) is 9.59 Å². The average Bonchev–Trinajstić information content (AvgIpc) is 3.15. The van der Waals surface area contributed by atoms with E-state index < -0.39 is 0 Å². The van der Waals surface area contributed by atoms with E-state index in [-0.39, 0.29) is 17.2 Å². The maximum absolute atomic E-state index is 12.8. The van der Waals surface area contributed by atoms with E-state index >= 15 is 0 Å². The Morgan fingerprint density at radius 2 is 2.08 bits per heavy atom. The first kappa shape index (κ1) is 16.9. The Labute approximate surface area is 153 Å². The summed E-state index contributed by atoms with van der Waals surface area (Å²) in [5, 5.41) is 1.07. The molecular weight excluding hydrogens is 330 g/mol. The fourth-order valence-electron chi connectivity index (χ4n) is 4.38. The highest BCUT2D eigenvalue weighted by molar-refractivity contribution is 5.89. The SMILES string of the molecule is COc1ccc2c(CC(=O)N3CCC4(CC3)CC(=O)N(C)C4)c[nH]c2c1. The van der Waals surface area contributed by atoms with Gasteiger partial charge in [0.2, 0.25) is 11.8 Å². The van der Waals surface area contributed by atoms with Gasteiger partial charge in [0, 0.05) is 61.7 Å². The van der Waals surface area contributed by atoms with E-state index in [1.54, 1.807) is 7.11 Å². The Balaban J connectivity index is 1.41. The van der Waals surface area contributed by atoms with Crippen LogP contribution < -0.4 is 4.74 Å². The number of H-pyrrole nitrogens is 1. The van der Waals surface area contributed by atoms with Crippen molar-refractivity contribution in [3.63, 3.8) is 0 Å². The topological polar surface area (TPSA) is 65.6 Å². The third-order valence-electron chi connectivity index (χ3n) is 6.02. The van der Waals surface area contributed by atoms with Crippen LogP contribution in [-0.4, -0.2) is 60.4 Å². The molecule has 26 heavy (non-hydrogen) atoms. The molecule has 1 spiro atoms. The van der Waals surface area contributed by atoms with Gasteiger partial charge in [-0.1, -0.05) is 0 Å². The predicted molar refractivity (Wildman–Crippen MR) is 99.1 cm³/mol. The lowest BCUT2D eigenvalue weighted by Crippen LogP contribution is -2.44. The number of likely N-dealkylation sites (tertiary alicyclic amines) is 2. The van der Waals surface area contributed by atoms with Gasteiger partial charge < -0.3 is 19.5 Å². The third kappa shape index (κ3) is 2.93. The molecule has 1 N–H and O–H groups in total.